The van der Waals surface area contributed by atoms with Gasteiger partial charge in [-0.2, -0.15) is 0 Å². The lowest BCUT2D eigenvalue weighted by atomic mass is 10.0. The van der Waals surface area contributed by atoms with Gasteiger partial charge in [0.05, 0.1) is 16.9 Å². The molecule has 2 heterocycles. The van der Waals surface area contributed by atoms with E-state index in [4.69, 9.17) is 9.97 Å². The van der Waals surface area contributed by atoms with Crippen molar-refractivity contribution in [2.45, 2.75) is 12.8 Å². The van der Waals surface area contributed by atoms with Crippen LogP contribution >= 0.6 is 0 Å². The van der Waals surface area contributed by atoms with Crippen molar-refractivity contribution in [2.75, 3.05) is 4.90 Å². The van der Waals surface area contributed by atoms with Crippen LogP contribution in [0.15, 0.2) is 176 Å². The summed E-state index contributed by atoms with van der Waals surface area (Å²) in [4.78, 5) is 12.4. The highest BCUT2D eigenvalue weighted by Crippen LogP contribution is 2.40. The SMILES string of the molecule is C1=Cc2c(n(-c3ccc(-c4cc(-c5ccccc5)nc(-c5ccccc5)n4)cc3)c3ccc(N(c4ccccc4)c4ccccc4)cc23)CC1. The second kappa shape index (κ2) is 12.8. The second-order valence-electron chi connectivity index (χ2n) is 12.6. The van der Waals surface area contributed by atoms with Gasteiger partial charge in [-0.25, -0.2) is 9.97 Å². The molecule has 50 heavy (non-hydrogen) atoms. The summed E-state index contributed by atoms with van der Waals surface area (Å²) >= 11 is 0. The Morgan fingerprint density at radius 1 is 0.500 bits per heavy atom. The van der Waals surface area contributed by atoms with Gasteiger partial charge < -0.3 is 9.47 Å². The number of anilines is 3. The molecule has 0 radical (unpaired) electrons. The van der Waals surface area contributed by atoms with Gasteiger partial charge in [0.15, 0.2) is 5.82 Å². The first-order valence-electron chi connectivity index (χ1n) is 17.1. The number of allylic oxidation sites excluding steroid dienone is 1. The molecule has 0 N–H and O–H groups in total. The first kappa shape index (κ1) is 29.6. The van der Waals surface area contributed by atoms with Crippen LogP contribution in [0.1, 0.15) is 17.7 Å². The number of hydrogen-bond acceptors (Lipinski definition) is 3. The van der Waals surface area contributed by atoms with Crippen LogP contribution in [0.2, 0.25) is 0 Å². The van der Waals surface area contributed by atoms with E-state index in [2.05, 4.69) is 167 Å². The van der Waals surface area contributed by atoms with Gasteiger partial charge in [0.2, 0.25) is 0 Å². The summed E-state index contributed by atoms with van der Waals surface area (Å²) in [6.45, 7) is 0. The van der Waals surface area contributed by atoms with Gasteiger partial charge in [0, 0.05) is 56.1 Å². The maximum atomic E-state index is 5.06. The quantitative estimate of drug-likeness (QED) is 0.173. The summed E-state index contributed by atoms with van der Waals surface area (Å²) < 4.78 is 2.45. The molecule has 0 atom stereocenters. The van der Waals surface area contributed by atoms with Crippen molar-refractivity contribution >= 4 is 34.0 Å². The molecule has 2 aromatic heterocycles. The minimum Gasteiger partial charge on any atom is -0.313 e. The maximum absolute atomic E-state index is 5.06. The van der Waals surface area contributed by atoms with E-state index in [1.54, 1.807) is 0 Å². The Morgan fingerprint density at radius 2 is 1.06 bits per heavy atom. The zero-order valence-electron chi connectivity index (χ0n) is 27.5. The summed E-state index contributed by atoms with van der Waals surface area (Å²) in [6, 6.07) is 59.6. The molecule has 9 rings (SSSR count). The molecule has 8 aromatic rings. The topological polar surface area (TPSA) is 34.0 Å². The zero-order chi connectivity index (χ0) is 33.3. The lowest BCUT2D eigenvalue weighted by molar-refractivity contribution is 0.888. The molecule has 0 unspecified atom stereocenters. The molecule has 0 saturated carbocycles. The van der Waals surface area contributed by atoms with Crippen molar-refractivity contribution in [2.24, 2.45) is 0 Å². The third kappa shape index (κ3) is 5.47. The molecule has 1 aliphatic carbocycles. The minimum absolute atomic E-state index is 0.721. The second-order valence-corrected chi connectivity index (χ2v) is 12.6. The summed E-state index contributed by atoms with van der Waals surface area (Å²) in [7, 11) is 0. The molecule has 0 fully saturated rings. The summed E-state index contributed by atoms with van der Waals surface area (Å²) in [5.41, 5.74) is 13.3. The van der Waals surface area contributed by atoms with E-state index in [0.29, 0.717) is 0 Å². The number of nitrogens with zero attached hydrogens (tertiary/aromatic N) is 4. The van der Waals surface area contributed by atoms with E-state index >= 15 is 0 Å². The monoisotopic (exact) mass is 642 g/mol. The van der Waals surface area contributed by atoms with Crippen LogP contribution in [-0.2, 0) is 6.42 Å². The van der Waals surface area contributed by atoms with Crippen LogP contribution in [-0.4, -0.2) is 14.5 Å². The van der Waals surface area contributed by atoms with Crippen molar-refractivity contribution in [1.82, 2.24) is 14.5 Å². The average molecular weight is 643 g/mol. The molecule has 238 valence electrons. The normalized spacial score (nSPS) is 12.2. The van der Waals surface area contributed by atoms with Crippen LogP contribution in [0.4, 0.5) is 17.1 Å². The Bertz CT molecular complexity index is 2350. The molecule has 1 aliphatic rings. The van der Waals surface area contributed by atoms with Gasteiger partial charge in [-0.15, -0.1) is 0 Å². The molecule has 0 saturated heterocycles. The highest BCUT2D eigenvalue weighted by atomic mass is 15.1. The van der Waals surface area contributed by atoms with Gasteiger partial charge in [-0.3, -0.25) is 0 Å². The summed E-state index contributed by atoms with van der Waals surface area (Å²) in [5, 5.41) is 1.25. The first-order valence-corrected chi connectivity index (χ1v) is 17.1. The average Bonchev–Trinajstić information content (AvgIpc) is 3.53. The van der Waals surface area contributed by atoms with Crippen molar-refractivity contribution in [1.29, 1.82) is 0 Å². The van der Waals surface area contributed by atoms with Gasteiger partial charge in [0.25, 0.3) is 0 Å². The lowest BCUT2D eigenvalue weighted by Gasteiger charge is -2.25. The molecule has 4 nitrogen and oxygen atoms in total. The van der Waals surface area contributed by atoms with Crippen LogP contribution in [0, 0.1) is 0 Å². The van der Waals surface area contributed by atoms with Crippen molar-refractivity contribution in [3.05, 3.63) is 187 Å². The minimum atomic E-state index is 0.721. The van der Waals surface area contributed by atoms with E-state index in [1.807, 2.05) is 24.3 Å². The van der Waals surface area contributed by atoms with Crippen molar-refractivity contribution in [3.63, 3.8) is 0 Å². The van der Waals surface area contributed by atoms with Gasteiger partial charge in [0.1, 0.15) is 0 Å². The van der Waals surface area contributed by atoms with Crippen LogP contribution in [0.5, 0.6) is 0 Å². The highest BCUT2D eigenvalue weighted by Gasteiger charge is 2.21. The fourth-order valence-corrected chi connectivity index (χ4v) is 7.09. The number of rotatable bonds is 7. The Hall–Kier alpha value is -6.52. The number of hydrogen-bond donors (Lipinski definition) is 0. The maximum Gasteiger partial charge on any atom is 0.160 e. The smallest absolute Gasteiger partial charge is 0.160 e. The van der Waals surface area contributed by atoms with Gasteiger partial charge in [-0.05, 0) is 73.5 Å². The van der Waals surface area contributed by atoms with Gasteiger partial charge in [-0.1, -0.05) is 121 Å². The third-order valence-electron chi connectivity index (χ3n) is 9.46. The number of fused-ring (bicyclic) bond motifs is 3. The summed E-state index contributed by atoms with van der Waals surface area (Å²) in [5.74, 6) is 0.721. The third-order valence-corrected chi connectivity index (χ3v) is 9.46. The predicted molar refractivity (Wildman–Crippen MR) is 207 cm³/mol. The molecule has 4 heteroatoms. The molecular formula is C46H34N4. The molecular weight excluding hydrogens is 609 g/mol. The molecule has 0 spiro atoms. The standard InChI is InChI=1S/C46H34N4/c1-5-15-33(16-6-1)42-32-43(48-46(47-42)35-17-7-2-8-18-35)34-25-27-38(28-26-34)50-44-24-14-13-23-40(44)41-31-39(29-30-45(41)50)49(36-19-9-3-10-20-36)37-21-11-4-12-22-37/h1-13,15-23,25-32H,14,24H2. The Balaban J connectivity index is 1.14. The molecule has 6 aromatic carbocycles. The zero-order valence-corrected chi connectivity index (χ0v) is 27.5. The predicted octanol–water partition coefficient (Wildman–Crippen LogP) is 11.9. The Labute approximate surface area is 292 Å². The van der Waals surface area contributed by atoms with E-state index in [9.17, 15) is 0 Å². The van der Waals surface area contributed by atoms with E-state index < -0.39 is 0 Å². The van der Waals surface area contributed by atoms with Crippen LogP contribution in [0.25, 0.3) is 56.6 Å². The Kier molecular flexibility index (Phi) is 7.60. The van der Waals surface area contributed by atoms with Crippen LogP contribution < -0.4 is 4.90 Å². The van der Waals surface area contributed by atoms with Gasteiger partial charge >= 0.3 is 0 Å². The number of para-hydroxylation sites is 2. The van der Waals surface area contributed by atoms with E-state index in [1.165, 1.54) is 22.2 Å². The largest absolute Gasteiger partial charge is 0.313 e. The van der Waals surface area contributed by atoms with Crippen LogP contribution in [0.3, 0.4) is 0 Å². The molecule has 0 bridgehead atoms. The highest BCUT2D eigenvalue weighted by molar-refractivity contribution is 5.97. The van der Waals surface area contributed by atoms with Crippen molar-refractivity contribution in [3.8, 4) is 39.6 Å². The van der Waals surface area contributed by atoms with E-state index in [-0.39, 0.29) is 0 Å². The van der Waals surface area contributed by atoms with E-state index in [0.717, 1.165) is 69.5 Å². The first-order chi connectivity index (χ1) is 24.8. The fraction of sp³-hybridized carbons (Fsp3) is 0.0435. The Morgan fingerprint density at radius 3 is 1.68 bits per heavy atom. The summed E-state index contributed by atoms with van der Waals surface area (Å²) in [6.07, 6.45) is 6.63. The number of aromatic nitrogens is 3. The lowest BCUT2D eigenvalue weighted by Crippen LogP contribution is -2.09. The fourth-order valence-electron chi connectivity index (χ4n) is 7.09. The van der Waals surface area contributed by atoms with Crippen molar-refractivity contribution < 1.29 is 0 Å². The molecule has 0 amide bonds. The number of benzene rings is 6. The molecule has 0 aliphatic heterocycles.